The van der Waals surface area contributed by atoms with Crippen LogP contribution >= 0.6 is 11.8 Å². The molecule has 0 fully saturated rings. The minimum Gasteiger partial charge on any atom is -0.327 e. The van der Waals surface area contributed by atoms with Crippen LogP contribution in [0, 0.1) is 5.92 Å². The van der Waals surface area contributed by atoms with Crippen molar-refractivity contribution in [2.24, 2.45) is 11.7 Å². The largest absolute Gasteiger partial charge is 0.327 e. The Kier molecular flexibility index (Phi) is 5.12. The Morgan fingerprint density at radius 3 is 2.60 bits per heavy atom. The Hall–Kier alpha value is -0.540. The van der Waals surface area contributed by atoms with E-state index in [0.29, 0.717) is 11.2 Å². The zero-order valence-electron chi connectivity index (χ0n) is 9.68. The highest BCUT2D eigenvalue weighted by Crippen LogP contribution is 2.31. The fourth-order valence-corrected chi connectivity index (χ4v) is 2.62. The quantitative estimate of drug-likeness (QED) is 0.836. The molecule has 1 aromatic rings. The zero-order chi connectivity index (χ0) is 11.3. The van der Waals surface area contributed by atoms with Crippen LogP contribution in [0.5, 0.6) is 0 Å². The van der Waals surface area contributed by atoms with Crippen molar-refractivity contribution >= 4 is 11.8 Å². The Bertz CT molecular complexity index is 272. The third kappa shape index (κ3) is 4.22. The smallest absolute Gasteiger partial charge is 0.0460 e. The van der Waals surface area contributed by atoms with Crippen molar-refractivity contribution in [1.29, 1.82) is 0 Å². The molecule has 0 amide bonds. The van der Waals surface area contributed by atoms with Gasteiger partial charge in [0.15, 0.2) is 0 Å². The molecule has 15 heavy (non-hydrogen) atoms. The maximum atomic E-state index is 6.01. The normalized spacial score (nSPS) is 15.3. The number of rotatable bonds is 5. The first-order chi connectivity index (χ1) is 7.11. The fraction of sp³-hybridized carbons (Fsp3) is 0.583. The van der Waals surface area contributed by atoms with E-state index in [9.17, 15) is 0 Å². The number of aromatic nitrogens is 1. The summed E-state index contributed by atoms with van der Waals surface area (Å²) in [6.45, 7) is 6.52. The number of hydrogen-bond donors (Lipinski definition) is 1. The molecule has 0 spiro atoms. The highest BCUT2D eigenvalue weighted by Gasteiger charge is 2.17. The van der Waals surface area contributed by atoms with E-state index >= 15 is 0 Å². The molecule has 84 valence electrons. The lowest BCUT2D eigenvalue weighted by Gasteiger charge is -2.21. The van der Waals surface area contributed by atoms with Gasteiger partial charge < -0.3 is 5.73 Å². The average molecular weight is 224 g/mol. The van der Waals surface area contributed by atoms with Crippen LogP contribution in [-0.2, 0) is 0 Å². The van der Waals surface area contributed by atoms with Gasteiger partial charge in [0.2, 0.25) is 0 Å². The molecule has 3 heteroatoms. The molecular weight excluding hydrogens is 204 g/mol. The second-order valence-electron chi connectivity index (χ2n) is 4.29. The minimum absolute atomic E-state index is 0.165. The molecule has 2 N–H and O–H groups in total. The summed E-state index contributed by atoms with van der Waals surface area (Å²) in [6.07, 6.45) is 3.72. The number of nitrogens with two attached hydrogens (primary N) is 1. The zero-order valence-corrected chi connectivity index (χ0v) is 10.5. The van der Waals surface area contributed by atoms with E-state index in [1.165, 1.54) is 5.56 Å². The van der Waals surface area contributed by atoms with Crippen molar-refractivity contribution in [3.63, 3.8) is 0 Å². The molecule has 0 bridgehead atoms. The second kappa shape index (κ2) is 6.13. The molecule has 1 rings (SSSR count). The highest BCUT2D eigenvalue weighted by atomic mass is 32.2. The molecule has 0 aromatic carbocycles. The molecular formula is C12H20N2S. The van der Waals surface area contributed by atoms with Crippen molar-refractivity contribution in [3.05, 3.63) is 30.1 Å². The van der Waals surface area contributed by atoms with Crippen LogP contribution < -0.4 is 5.73 Å². The molecule has 0 aliphatic rings. The van der Waals surface area contributed by atoms with Gasteiger partial charge in [-0.3, -0.25) is 4.98 Å². The van der Waals surface area contributed by atoms with Crippen LogP contribution in [0.2, 0.25) is 0 Å². The van der Waals surface area contributed by atoms with Gasteiger partial charge in [-0.25, -0.2) is 0 Å². The van der Waals surface area contributed by atoms with Gasteiger partial charge in [-0.1, -0.05) is 19.9 Å². The number of hydrogen-bond acceptors (Lipinski definition) is 3. The maximum Gasteiger partial charge on any atom is 0.0460 e. The third-order valence-electron chi connectivity index (χ3n) is 2.10. The van der Waals surface area contributed by atoms with Crippen molar-refractivity contribution in [2.75, 3.05) is 5.75 Å². The molecule has 2 unspecified atom stereocenters. The van der Waals surface area contributed by atoms with Gasteiger partial charge in [0, 0.05) is 23.7 Å². The second-order valence-corrected chi connectivity index (χ2v) is 5.47. The molecule has 0 saturated heterocycles. The standard InChI is InChI=1S/C12H20N2S/c1-9(2)8-15-12(10(3)13)11-5-4-6-14-7-11/h4-7,9-10,12H,8,13H2,1-3H3. The van der Waals surface area contributed by atoms with E-state index in [1.54, 1.807) is 6.20 Å². The van der Waals surface area contributed by atoms with Gasteiger partial charge in [0.05, 0.1) is 0 Å². The van der Waals surface area contributed by atoms with Crippen molar-refractivity contribution in [1.82, 2.24) is 4.98 Å². The third-order valence-corrected chi connectivity index (χ3v) is 4.02. The van der Waals surface area contributed by atoms with E-state index in [2.05, 4.69) is 31.8 Å². The Labute approximate surface area is 96.7 Å². The summed E-state index contributed by atoms with van der Waals surface area (Å²) in [5.74, 6) is 1.84. The Balaban J connectivity index is 2.66. The average Bonchev–Trinajstić information content (AvgIpc) is 2.18. The summed E-state index contributed by atoms with van der Waals surface area (Å²) in [5, 5.41) is 0.362. The highest BCUT2D eigenvalue weighted by molar-refractivity contribution is 7.99. The molecule has 2 atom stereocenters. The SMILES string of the molecule is CC(C)CSC(c1cccnc1)C(C)N. The van der Waals surface area contributed by atoms with Crippen molar-refractivity contribution in [3.8, 4) is 0 Å². The predicted molar refractivity (Wildman–Crippen MR) is 67.9 cm³/mol. The molecule has 0 aliphatic carbocycles. The molecule has 2 nitrogen and oxygen atoms in total. The first kappa shape index (κ1) is 12.5. The van der Waals surface area contributed by atoms with Gasteiger partial charge in [-0.2, -0.15) is 11.8 Å². The first-order valence-electron chi connectivity index (χ1n) is 5.38. The van der Waals surface area contributed by atoms with Crippen LogP contribution in [0.3, 0.4) is 0 Å². The number of pyridine rings is 1. The van der Waals surface area contributed by atoms with Crippen molar-refractivity contribution in [2.45, 2.75) is 32.1 Å². The van der Waals surface area contributed by atoms with Crippen LogP contribution in [-0.4, -0.2) is 16.8 Å². The fourth-order valence-electron chi connectivity index (χ4n) is 1.39. The maximum absolute atomic E-state index is 6.01. The summed E-state index contributed by atoms with van der Waals surface area (Å²) in [6, 6.07) is 4.24. The minimum atomic E-state index is 0.165. The summed E-state index contributed by atoms with van der Waals surface area (Å²) >= 11 is 1.93. The summed E-state index contributed by atoms with van der Waals surface area (Å²) in [4.78, 5) is 4.15. The van der Waals surface area contributed by atoms with E-state index in [1.807, 2.05) is 24.0 Å². The Morgan fingerprint density at radius 2 is 2.13 bits per heavy atom. The summed E-state index contributed by atoms with van der Waals surface area (Å²) < 4.78 is 0. The molecule has 1 heterocycles. The van der Waals surface area contributed by atoms with E-state index in [4.69, 9.17) is 5.73 Å². The van der Waals surface area contributed by atoms with Gasteiger partial charge in [0.1, 0.15) is 0 Å². The number of thioether (sulfide) groups is 1. The molecule has 0 saturated carbocycles. The van der Waals surface area contributed by atoms with Crippen LogP contribution in [0.1, 0.15) is 31.6 Å². The Morgan fingerprint density at radius 1 is 1.40 bits per heavy atom. The van der Waals surface area contributed by atoms with E-state index in [-0.39, 0.29) is 6.04 Å². The molecule has 0 aliphatic heterocycles. The molecule has 1 aromatic heterocycles. The van der Waals surface area contributed by atoms with Crippen LogP contribution in [0.4, 0.5) is 0 Å². The van der Waals surface area contributed by atoms with Gasteiger partial charge >= 0.3 is 0 Å². The summed E-state index contributed by atoms with van der Waals surface area (Å²) in [5.41, 5.74) is 7.24. The van der Waals surface area contributed by atoms with E-state index in [0.717, 1.165) is 5.75 Å². The van der Waals surface area contributed by atoms with Gasteiger partial charge in [-0.05, 0) is 30.2 Å². The molecule has 0 radical (unpaired) electrons. The van der Waals surface area contributed by atoms with Crippen molar-refractivity contribution < 1.29 is 0 Å². The van der Waals surface area contributed by atoms with Crippen LogP contribution in [0.25, 0.3) is 0 Å². The van der Waals surface area contributed by atoms with Gasteiger partial charge in [-0.15, -0.1) is 0 Å². The predicted octanol–water partition coefficient (Wildman–Crippen LogP) is 2.86. The van der Waals surface area contributed by atoms with E-state index < -0.39 is 0 Å². The van der Waals surface area contributed by atoms with Crippen LogP contribution in [0.15, 0.2) is 24.5 Å². The van der Waals surface area contributed by atoms with Gasteiger partial charge in [0.25, 0.3) is 0 Å². The number of nitrogens with zero attached hydrogens (tertiary/aromatic N) is 1. The monoisotopic (exact) mass is 224 g/mol. The summed E-state index contributed by atoms with van der Waals surface area (Å²) in [7, 11) is 0. The topological polar surface area (TPSA) is 38.9 Å². The lowest BCUT2D eigenvalue weighted by molar-refractivity contribution is 0.705. The first-order valence-corrected chi connectivity index (χ1v) is 6.43. The lowest BCUT2D eigenvalue weighted by atomic mass is 10.1. The lowest BCUT2D eigenvalue weighted by Crippen LogP contribution is -2.23.